The van der Waals surface area contributed by atoms with Crippen molar-refractivity contribution in [1.82, 2.24) is 34.5 Å². The molecule has 2 aliphatic carbocycles. The van der Waals surface area contributed by atoms with Crippen molar-refractivity contribution in [3.05, 3.63) is 45.5 Å². The van der Waals surface area contributed by atoms with Crippen LogP contribution in [-0.2, 0) is 16.4 Å². The summed E-state index contributed by atoms with van der Waals surface area (Å²) in [5, 5.41) is 3.63. The van der Waals surface area contributed by atoms with Crippen LogP contribution in [0.3, 0.4) is 0 Å². The second kappa shape index (κ2) is 9.45. The number of rotatable bonds is 9. The molecule has 0 amide bonds. The molecule has 11 nitrogen and oxygen atoms in total. The molecule has 1 atom stereocenters. The summed E-state index contributed by atoms with van der Waals surface area (Å²) in [5.74, 6) is 1.46. The molecule has 2 saturated carbocycles. The fraction of sp³-hybridized carbons (Fsp3) is 0.480. The maximum atomic E-state index is 13.7. The van der Waals surface area contributed by atoms with Gasteiger partial charge < -0.3 is 5.32 Å². The molecule has 4 aromatic heterocycles. The minimum atomic E-state index is -3.33. The van der Waals surface area contributed by atoms with Crippen molar-refractivity contribution < 1.29 is 8.42 Å². The highest BCUT2D eigenvalue weighted by atomic mass is 32.2. The van der Waals surface area contributed by atoms with Gasteiger partial charge in [-0.1, -0.05) is 6.92 Å². The largest absolute Gasteiger partial charge is 0.359 e. The van der Waals surface area contributed by atoms with Gasteiger partial charge in [0.2, 0.25) is 0 Å². The lowest BCUT2D eigenvalue weighted by Gasteiger charge is -2.19. The Kier molecular flexibility index (Phi) is 6.22. The van der Waals surface area contributed by atoms with Crippen molar-refractivity contribution in [2.24, 2.45) is 5.92 Å². The van der Waals surface area contributed by atoms with E-state index < -0.39 is 9.84 Å². The van der Waals surface area contributed by atoms with Crippen LogP contribution in [0.4, 0.5) is 5.82 Å². The molecule has 6 rings (SSSR count). The molecule has 1 N–H and O–H groups in total. The van der Waals surface area contributed by atoms with Crippen LogP contribution < -0.4 is 10.9 Å². The van der Waals surface area contributed by atoms with Gasteiger partial charge in [0.05, 0.1) is 41.6 Å². The Morgan fingerprint density at radius 2 is 1.89 bits per heavy atom. The molecule has 0 unspecified atom stereocenters. The summed E-state index contributed by atoms with van der Waals surface area (Å²) in [6, 6.07) is -0.0616. The third-order valence-corrected chi connectivity index (χ3v) is 10.5. The van der Waals surface area contributed by atoms with E-state index in [0.717, 1.165) is 54.0 Å². The first-order valence-corrected chi connectivity index (χ1v) is 15.3. The van der Waals surface area contributed by atoms with Crippen molar-refractivity contribution in [3.63, 3.8) is 0 Å². The summed E-state index contributed by atoms with van der Waals surface area (Å²) in [7, 11) is -3.33. The van der Waals surface area contributed by atoms with Gasteiger partial charge in [0.1, 0.15) is 21.1 Å². The molecule has 0 aromatic carbocycles. The molecule has 38 heavy (non-hydrogen) atoms. The van der Waals surface area contributed by atoms with Crippen molar-refractivity contribution in [1.29, 1.82) is 0 Å². The third-order valence-electron chi connectivity index (χ3n) is 7.22. The lowest BCUT2D eigenvalue weighted by atomic mass is 10.1. The average Bonchev–Trinajstić information content (AvgIpc) is 3.84. The van der Waals surface area contributed by atoms with Crippen molar-refractivity contribution >= 4 is 38.2 Å². The normalized spacial score (nSPS) is 16.6. The Hall–Kier alpha value is -3.32. The van der Waals surface area contributed by atoms with Gasteiger partial charge in [-0.05, 0) is 45.4 Å². The van der Waals surface area contributed by atoms with E-state index in [4.69, 9.17) is 4.98 Å². The number of aryl methyl sites for hydroxylation is 1. The lowest BCUT2D eigenvalue weighted by Crippen LogP contribution is -2.29. The van der Waals surface area contributed by atoms with E-state index in [2.05, 4.69) is 30.2 Å². The SMILES string of the molecule is CCS(=O)(=O)c1cnc(CNc2nc3cnc(-c4c(C)ncnc4C4CC4)nc3n([C@@H](C)C3CC3)c2=O)s1. The standard InChI is InChI=1S/C25H28N8O3S2/c1-4-38(35,36)19-11-26-18(37-19)10-28-23-25(34)33(14(3)15-5-6-15)24-17(31-23)9-27-22(32-24)20-13(2)29-12-30-21(20)16-7-8-16/h9,11-12,14-16H,4-8,10H2,1-3H3,(H,28,31)/t14-/m0/s1. The predicted octanol–water partition coefficient (Wildman–Crippen LogP) is 3.66. The Morgan fingerprint density at radius 3 is 2.61 bits per heavy atom. The number of aromatic nitrogens is 7. The van der Waals surface area contributed by atoms with E-state index in [0.29, 0.717) is 33.8 Å². The van der Waals surface area contributed by atoms with Crippen LogP contribution >= 0.6 is 11.3 Å². The second-order valence-electron chi connectivity index (χ2n) is 9.94. The van der Waals surface area contributed by atoms with Gasteiger partial charge in [0, 0.05) is 12.0 Å². The van der Waals surface area contributed by atoms with Crippen molar-refractivity contribution in [3.8, 4) is 11.4 Å². The van der Waals surface area contributed by atoms with E-state index in [1.807, 2.05) is 13.8 Å². The van der Waals surface area contributed by atoms with Crippen LogP contribution in [0, 0.1) is 12.8 Å². The summed E-state index contributed by atoms with van der Waals surface area (Å²) in [5.41, 5.74) is 3.31. The maximum absolute atomic E-state index is 13.7. The number of anilines is 1. The first kappa shape index (κ1) is 25.0. The van der Waals surface area contributed by atoms with Crippen LogP contribution in [-0.4, -0.2) is 48.6 Å². The Bertz CT molecular complexity index is 1710. The topological polar surface area (TPSA) is 146 Å². The van der Waals surface area contributed by atoms with E-state index in [1.165, 1.54) is 6.20 Å². The number of hydrogen-bond acceptors (Lipinski definition) is 11. The van der Waals surface area contributed by atoms with Gasteiger partial charge in [-0.25, -0.2) is 38.3 Å². The van der Waals surface area contributed by atoms with Gasteiger partial charge in [-0.2, -0.15) is 0 Å². The van der Waals surface area contributed by atoms with E-state index >= 15 is 0 Å². The Labute approximate surface area is 223 Å². The first-order chi connectivity index (χ1) is 18.3. The minimum Gasteiger partial charge on any atom is -0.359 e. The Morgan fingerprint density at radius 1 is 1.11 bits per heavy atom. The van der Waals surface area contributed by atoms with Crippen LogP contribution in [0.2, 0.25) is 0 Å². The molecule has 0 radical (unpaired) electrons. The molecule has 13 heteroatoms. The van der Waals surface area contributed by atoms with E-state index in [-0.39, 0.29) is 33.9 Å². The third kappa shape index (κ3) is 4.57. The van der Waals surface area contributed by atoms with Crippen LogP contribution in [0.5, 0.6) is 0 Å². The molecule has 0 saturated heterocycles. The second-order valence-corrected chi connectivity index (χ2v) is 13.6. The average molecular weight is 553 g/mol. The molecular weight excluding hydrogens is 524 g/mol. The zero-order valence-corrected chi connectivity index (χ0v) is 23.0. The summed E-state index contributed by atoms with van der Waals surface area (Å²) in [4.78, 5) is 40.9. The predicted molar refractivity (Wildman–Crippen MR) is 144 cm³/mol. The highest BCUT2D eigenvalue weighted by molar-refractivity contribution is 7.93. The molecule has 4 heterocycles. The molecule has 4 aromatic rings. The van der Waals surface area contributed by atoms with Gasteiger partial charge in [0.15, 0.2) is 27.1 Å². The van der Waals surface area contributed by atoms with Crippen LogP contribution in [0.25, 0.3) is 22.6 Å². The molecule has 2 aliphatic rings. The van der Waals surface area contributed by atoms with Gasteiger partial charge in [0.25, 0.3) is 5.56 Å². The maximum Gasteiger partial charge on any atom is 0.295 e. The summed E-state index contributed by atoms with van der Waals surface area (Å²) in [6.45, 7) is 5.75. The molecule has 2 fully saturated rings. The van der Waals surface area contributed by atoms with Gasteiger partial charge in [-0.15, -0.1) is 11.3 Å². The van der Waals surface area contributed by atoms with Gasteiger partial charge >= 0.3 is 0 Å². The van der Waals surface area contributed by atoms with Gasteiger partial charge in [-0.3, -0.25) is 9.36 Å². The number of nitrogens with one attached hydrogen (secondary N) is 1. The molecular formula is C25H28N8O3S2. The molecule has 0 spiro atoms. The number of sulfone groups is 1. The molecule has 0 bridgehead atoms. The summed E-state index contributed by atoms with van der Waals surface area (Å²) in [6.07, 6.45) is 8.89. The number of hydrogen-bond donors (Lipinski definition) is 1. The van der Waals surface area contributed by atoms with Crippen LogP contribution in [0.15, 0.2) is 27.7 Å². The molecule has 0 aliphatic heterocycles. The quantitative estimate of drug-likeness (QED) is 0.326. The molecule has 198 valence electrons. The highest BCUT2D eigenvalue weighted by Crippen LogP contribution is 2.43. The smallest absolute Gasteiger partial charge is 0.295 e. The number of fused-ring (bicyclic) bond motifs is 1. The number of nitrogens with zero attached hydrogens (tertiary/aromatic N) is 7. The Balaban J connectivity index is 1.41. The van der Waals surface area contributed by atoms with Crippen molar-refractivity contribution in [2.75, 3.05) is 11.1 Å². The number of thiazole rings is 1. The summed E-state index contributed by atoms with van der Waals surface area (Å²) >= 11 is 1.09. The zero-order chi connectivity index (χ0) is 26.6. The van der Waals surface area contributed by atoms with Crippen molar-refractivity contribution in [2.45, 2.75) is 69.2 Å². The fourth-order valence-corrected chi connectivity index (χ4v) is 6.89. The summed E-state index contributed by atoms with van der Waals surface area (Å²) < 4.78 is 26.2. The zero-order valence-electron chi connectivity index (χ0n) is 21.4. The highest BCUT2D eigenvalue weighted by Gasteiger charge is 2.33. The van der Waals surface area contributed by atoms with E-state index in [9.17, 15) is 13.2 Å². The minimum absolute atomic E-state index is 0.0107. The van der Waals surface area contributed by atoms with Crippen LogP contribution in [0.1, 0.15) is 67.9 Å². The first-order valence-electron chi connectivity index (χ1n) is 12.8. The lowest BCUT2D eigenvalue weighted by molar-refractivity contribution is 0.482. The monoisotopic (exact) mass is 552 g/mol. The fourth-order valence-electron chi connectivity index (χ4n) is 4.66. The van der Waals surface area contributed by atoms with E-state index in [1.54, 1.807) is 24.0 Å².